The summed E-state index contributed by atoms with van der Waals surface area (Å²) in [5.74, 6) is -0.123. The lowest BCUT2D eigenvalue weighted by Crippen LogP contribution is -2.34. The molecule has 0 aliphatic heterocycles. The summed E-state index contributed by atoms with van der Waals surface area (Å²) in [7, 11) is 0. The van der Waals surface area contributed by atoms with Crippen LogP contribution in [0.5, 0.6) is 0 Å². The number of carbonyl (C=O) groups excluding carboxylic acids is 1. The van der Waals surface area contributed by atoms with Crippen LogP contribution < -0.4 is 11.1 Å². The minimum Gasteiger partial charge on any atom is -0.349 e. The molecule has 3 heteroatoms. The first-order chi connectivity index (χ1) is 7.95. The van der Waals surface area contributed by atoms with Gasteiger partial charge >= 0.3 is 0 Å². The van der Waals surface area contributed by atoms with Crippen molar-refractivity contribution in [1.82, 2.24) is 5.32 Å². The third-order valence-corrected chi connectivity index (χ3v) is 3.19. The highest BCUT2D eigenvalue weighted by Gasteiger charge is 2.14. The minimum atomic E-state index is -0.135. The van der Waals surface area contributed by atoms with Crippen molar-refractivity contribution in [2.75, 3.05) is 6.54 Å². The van der Waals surface area contributed by atoms with Crippen LogP contribution in [0.15, 0.2) is 18.2 Å². The van der Waals surface area contributed by atoms with Crippen molar-refractivity contribution in [3.8, 4) is 0 Å². The topological polar surface area (TPSA) is 55.1 Å². The summed E-state index contributed by atoms with van der Waals surface area (Å²) < 4.78 is 0. The highest BCUT2D eigenvalue weighted by atomic mass is 16.1. The van der Waals surface area contributed by atoms with Crippen LogP contribution in [0.25, 0.3) is 0 Å². The summed E-state index contributed by atoms with van der Waals surface area (Å²) in [6, 6.07) is 6.28. The molecule has 94 valence electrons. The van der Waals surface area contributed by atoms with Crippen molar-refractivity contribution in [3.63, 3.8) is 0 Å². The van der Waals surface area contributed by atoms with Crippen LogP contribution in [0.4, 0.5) is 0 Å². The van der Waals surface area contributed by atoms with E-state index in [4.69, 9.17) is 5.73 Å². The van der Waals surface area contributed by atoms with Crippen molar-refractivity contribution in [2.24, 2.45) is 11.7 Å². The number of benzene rings is 1. The third-order valence-electron chi connectivity index (χ3n) is 3.19. The molecule has 0 saturated heterocycles. The molecule has 0 bridgehead atoms. The van der Waals surface area contributed by atoms with E-state index in [1.54, 1.807) is 0 Å². The molecule has 0 heterocycles. The molecule has 1 rings (SSSR count). The standard InChI is InChI=1S/C14H22N2O/c1-9-5-6-13(7-10(9)2)12(4)16-14(17)11(3)8-15/h5-7,11-12H,8,15H2,1-4H3,(H,16,17). The number of carbonyl (C=O) groups is 1. The largest absolute Gasteiger partial charge is 0.349 e. The molecule has 2 atom stereocenters. The van der Waals surface area contributed by atoms with Gasteiger partial charge in [0.15, 0.2) is 0 Å². The van der Waals surface area contributed by atoms with Gasteiger partial charge in [-0.2, -0.15) is 0 Å². The predicted octanol–water partition coefficient (Wildman–Crippen LogP) is 2.08. The number of hydrogen-bond acceptors (Lipinski definition) is 2. The zero-order chi connectivity index (χ0) is 13.0. The molecule has 2 unspecified atom stereocenters. The van der Waals surface area contributed by atoms with Crippen LogP contribution in [0.2, 0.25) is 0 Å². The SMILES string of the molecule is Cc1ccc(C(C)NC(=O)C(C)CN)cc1C. The lowest BCUT2D eigenvalue weighted by molar-refractivity contribution is -0.124. The molecule has 0 saturated carbocycles. The Hall–Kier alpha value is -1.35. The Kier molecular flexibility index (Phi) is 4.70. The number of rotatable bonds is 4. The van der Waals surface area contributed by atoms with Crippen molar-refractivity contribution < 1.29 is 4.79 Å². The van der Waals surface area contributed by atoms with Gasteiger partial charge in [0.05, 0.1) is 6.04 Å². The van der Waals surface area contributed by atoms with E-state index in [0.717, 1.165) is 5.56 Å². The Morgan fingerprint density at radius 1 is 1.29 bits per heavy atom. The molecule has 3 nitrogen and oxygen atoms in total. The molecule has 1 aromatic carbocycles. The number of nitrogens with one attached hydrogen (secondary N) is 1. The van der Waals surface area contributed by atoms with Gasteiger partial charge in [-0.15, -0.1) is 0 Å². The molecular formula is C14H22N2O. The molecule has 0 fully saturated rings. The van der Waals surface area contributed by atoms with E-state index in [0.29, 0.717) is 6.54 Å². The van der Waals surface area contributed by atoms with Crippen LogP contribution in [-0.4, -0.2) is 12.5 Å². The summed E-state index contributed by atoms with van der Waals surface area (Å²) in [6.45, 7) is 8.37. The Bertz CT molecular complexity index is 401. The predicted molar refractivity (Wildman–Crippen MR) is 70.7 cm³/mol. The van der Waals surface area contributed by atoms with Crippen LogP contribution in [0.1, 0.15) is 36.6 Å². The van der Waals surface area contributed by atoms with Crippen molar-refractivity contribution in [2.45, 2.75) is 33.7 Å². The van der Waals surface area contributed by atoms with Crippen LogP contribution in [0.3, 0.4) is 0 Å². The first-order valence-corrected chi connectivity index (χ1v) is 6.03. The fourth-order valence-corrected chi connectivity index (χ4v) is 1.58. The smallest absolute Gasteiger partial charge is 0.224 e. The van der Waals surface area contributed by atoms with Crippen LogP contribution in [0, 0.1) is 19.8 Å². The third kappa shape index (κ3) is 3.56. The Morgan fingerprint density at radius 2 is 1.94 bits per heavy atom. The second-order valence-corrected chi connectivity index (χ2v) is 4.71. The number of aryl methyl sites for hydroxylation is 2. The second-order valence-electron chi connectivity index (χ2n) is 4.71. The average molecular weight is 234 g/mol. The molecule has 0 radical (unpaired) electrons. The first kappa shape index (κ1) is 13.7. The summed E-state index contributed by atoms with van der Waals surface area (Å²) in [6.07, 6.45) is 0. The van der Waals surface area contributed by atoms with Crippen molar-refractivity contribution in [3.05, 3.63) is 34.9 Å². The minimum absolute atomic E-state index is 0.0122. The lowest BCUT2D eigenvalue weighted by atomic mass is 10.0. The van der Waals surface area contributed by atoms with E-state index in [1.165, 1.54) is 11.1 Å². The van der Waals surface area contributed by atoms with Gasteiger partial charge in [-0.25, -0.2) is 0 Å². The van der Waals surface area contributed by atoms with Gasteiger partial charge in [0.25, 0.3) is 0 Å². The number of hydrogen-bond donors (Lipinski definition) is 2. The van der Waals surface area contributed by atoms with E-state index in [2.05, 4.69) is 37.4 Å². The van der Waals surface area contributed by atoms with E-state index in [-0.39, 0.29) is 17.9 Å². The summed E-state index contributed by atoms with van der Waals surface area (Å²) in [5, 5.41) is 2.97. The molecule has 17 heavy (non-hydrogen) atoms. The first-order valence-electron chi connectivity index (χ1n) is 6.03. The van der Waals surface area contributed by atoms with Gasteiger partial charge in [-0.05, 0) is 37.5 Å². The van der Waals surface area contributed by atoms with Gasteiger partial charge in [-0.1, -0.05) is 25.1 Å². The maximum absolute atomic E-state index is 11.7. The molecule has 1 aromatic rings. The Labute approximate surface area is 103 Å². The Balaban J connectivity index is 2.73. The second kappa shape index (κ2) is 5.82. The molecule has 0 spiro atoms. The Morgan fingerprint density at radius 3 is 2.47 bits per heavy atom. The molecule has 1 amide bonds. The summed E-state index contributed by atoms with van der Waals surface area (Å²) >= 11 is 0. The van der Waals surface area contributed by atoms with E-state index in [1.807, 2.05) is 13.8 Å². The van der Waals surface area contributed by atoms with Crippen molar-refractivity contribution >= 4 is 5.91 Å². The normalized spacial score (nSPS) is 14.2. The van der Waals surface area contributed by atoms with Crippen LogP contribution >= 0.6 is 0 Å². The molecule has 0 aliphatic rings. The van der Waals surface area contributed by atoms with E-state index >= 15 is 0 Å². The highest BCUT2D eigenvalue weighted by molar-refractivity contribution is 5.78. The molecule has 0 aliphatic carbocycles. The fraction of sp³-hybridized carbons (Fsp3) is 0.500. The van der Waals surface area contributed by atoms with E-state index < -0.39 is 0 Å². The molecule has 0 aromatic heterocycles. The quantitative estimate of drug-likeness (QED) is 0.838. The van der Waals surface area contributed by atoms with E-state index in [9.17, 15) is 4.79 Å². The zero-order valence-electron chi connectivity index (χ0n) is 11.1. The van der Waals surface area contributed by atoms with Gasteiger partial charge in [0, 0.05) is 12.5 Å². The number of amides is 1. The van der Waals surface area contributed by atoms with Crippen molar-refractivity contribution in [1.29, 1.82) is 0 Å². The highest BCUT2D eigenvalue weighted by Crippen LogP contribution is 2.17. The summed E-state index contributed by atoms with van der Waals surface area (Å²) in [4.78, 5) is 11.7. The van der Waals surface area contributed by atoms with Gasteiger partial charge < -0.3 is 11.1 Å². The van der Waals surface area contributed by atoms with Gasteiger partial charge in [-0.3, -0.25) is 4.79 Å². The van der Waals surface area contributed by atoms with Gasteiger partial charge in [0.2, 0.25) is 5.91 Å². The molecular weight excluding hydrogens is 212 g/mol. The maximum Gasteiger partial charge on any atom is 0.224 e. The maximum atomic E-state index is 11.7. The summed E-state index contributed by atoms with van der Waals surface area (Å²) in [5.41, 5.74) is 9.11. The monoisotopic (exact) mass is 234 g/mol. The average Bonchev–Trinajstić information content (AvgIpc) is 2.31. The zero-order valence-corrected chi connectivity index (χ0v) is 11.1. The van der Waals surface area contributed by atoms with Gasteiger partial charge in [0.1, 0.15) is 0 Å². The van der Waals surface area contributed by atoms with Crippen LogP contribution in [-0.2, 0) is 4.79 Å². The fourth-order valence-electron chi connectivity index (χ4n) is 1.58. The number of nitrogens with two attached hydrogens (primary N) is 1. The lowest BCUT2D eigenvalue weighted by Gasteiger charge is -2.18. The molecule has 3 N–H and O–H groups in total.